The van der Waals surface area contributed by atoms with Gasteiger partial charge < -0.3 is 9.80 Å². The minimum Gasteiger partial charge on any atom is -0.339 e. The van der Waals surface area contributed by atoms with Gasteiger partial charge in [-0.3, -0.25) is 4.79 Å². The van der Waals surface area contributed by atoms with Crippen molar-refractivity contribution in [1.82, 2.24) is 9.80 Å². The van der Waals surface area contributed by atoms with Gasteiger partial charge in [0.05, 0.1) is 6.04 Å². The molecule has 1 aromatic rings. The number of fused-ring (bicyclic) bond motifs is 1. The van der Waals surface area contributed by atoms with Gasteiger partial charge in [0, 0.05) is 20.0 Å². The van der Waals surface area contributed by atoms with Crippen molar-refractivity contribution in [2.24, 2.45) is 0 Å². The van der Waals surface area contributed by atoms with E-state index in [-0.39, 0.29) is 24.4 Å². The van der Waals surface area contributed by atoms with Gasteiger partial charge in [0.2, 0.25) is 5.91 Å². The summed E-state index contributed by atoms with van der Waals surface area (Å²) in [6.45, 7) is 0.817. The second kappa shape index (κ2) is 6.92. The number of hydrogen-bond acceptors (Lipinski definition) is 2. The predicted octanol–water partition coefficient (Wildman–Crippen LogP) is 2.51. The molecule has 1 aromatic carbocycles. The van der Waals surface area contributed by atoms with E-state index in [1.165, 1.54) is 11.1 Å². The molecule has 1 aliphatic carbocycles. The summed E-state index contributed by atoms with van der Waals surface area (Å²) in [6.07, 6.45) is 2.75. The van der Waals surface area contributed by atoms with Crippen molar-refractivity contribution in [3.8, 4) is 0 Å². The van der Waals surface area contributed by atoms with Crippen molar-refractivity contribution in [2.45, 2.75) is 25.3 Å². The summed E-state index contributed by atoms with van der Waals surface area (Å²) < 4.78 is 0. The van der Waals surface area contributed by atoms with Crippen LogP contribution in [0.4, 0.5) is 0 Å². The maximum Gasteiger partial charge on any atom is 0.224 e. The van der Waals surface area contributed by atoms with Crippen molar-refractivity contribution in [3.05, 3.63) is 35.4 Å². The molecule has 0 heterocycles. The maximum atomic E-state index is 12.1. The normalized spacial score (nSPS) is 16.9. The molecule has 0 saturated carbocycles. The Morgan fingerprint density at radius 3 is 2.63 bits per heavy atom. The number of hydrogen-bond donors (Lipinski definition) is 0. The number of amides is 1. The SMILES string of the molecule is CN(C)CCC(=O)N(C)C1CCc2ccccc21.Cl. The number of aryl methyl sites for hydroxylation is 1. The Bertz CT molecular complexity index is 434. The highest BCUT2D eigenvalue weighted by atomic mass is 35.5. The van der Waals surface area contributed by atoms with Crippen LogP contribution < -0.4 is 0 Å². The van der Waals surface area contributed by atoms with Crippen LogP contribution in [0.5, 0.6) is 0 Å². The van der Waals surface area contributed by atoms with Gasteiger partial charge in [0.25, 0.3) is 0 Å². The zero-order valence-corrected chi connectivity index (χ0v) is 12.7. The lowest BCUT2D eigenvalue weighted by atomic mass is 10.1. The molecule has 0 aromatic heterocycles. The van der Waals surface area contributed by atoms with Crippen LogP contribution in [-0.2, 0) is 11.2 Å². The molecule has 106 valence electrons. The summed E-state index contributed by atoms with van der Waals surface area (Å²) in [7, 11) is 5.93. The molecule has 0 radical (unpaired) electrons. The average molecular weight is 283 g/mol. The van der Waals surface area contributed by atoms with Gasteiger partial charge in [-0.25, -0.2) is 0 Å². The topological polar surface area (TPSA) is 23.6 Å². The zero-order valence-electron chi connectivity index (χ0n) is 11.9. The molecular weight excluding hydrogens is 260 g/mol. The first kappa shape index (κ1) is 16.0. The summed E-state index contributed by atoms with van der Waals surface area (Å²) in [5.74, 6) is 0.241. The fraction of sp³-hybridized carbons (Fsp3) is 0.533. The van der Waals surface area contributed by atoms with Gasteiger partial charge in [-0.05, 0) is 38.1 Å². The molecule has 0 spiro atoms. The minimum atomic E-state index is 0. The number of rotatable bonds is 4. The van der Waals surface area contributed by atoms with Gasteiger partial charge >= 0.3 is 0 Å². The van der Waals surface area contributed by atoms with E-state index in [1.54, 1.807) is 0 Å². The van der Waals surface area contributed by atoms with E-state index in [2.05, 4.69) is 24.3 Å². The van der Waals surface area contributed by atoms with E-state index in [1.807, 2.05) is 30.9 Å². The van der Waals surface area contributed by atoms with Crippen LogP contribution in [0.3, 0.4) is 0 Å². The molecule has 3 nitrogen and oxygen atoms in total. The van der Waals surface area contributed by atoms with Crippen LogP contribution in [0.2, 0.25) is 0 Å². The molecule has 19 heavy (non-hydrogen) atoms. The molecule has 0 aliphatic heterocycles. The standard InChI is InChI=1S/C15H22N2O.ClH/c1-16(2)11-10-15(18)17(3)14-9-8-12-6-4-5-7-13(12)14;/h4-7,14H,8-11H2,1-3H3;1H. The van der Waals surface area contributed by atoms with E-state index in [0.717, 1.165) is 19.4 Å². The molecule has 1 amide bonds. The first-order valence-corrected chi connectivity index (χ1v) is 6.58. The van der Waals surface area contributed by atoms with Crippen LogP contribution in [0.25, 0.3) is 0 Å². The zero-order chi connectivity index (χ0) is 13.1. The lowest BCUT2D eigenvalue weighted by molar-refractivity contribution is -0.132. The molecule has 2 rings (SSSR count). The lowest BCUT2D eigenvalue weighted by Crippen LogP contribution is -2.32. The Morgan fingerprint density at radius 1 is 1.26 bits per heavy atom. The van der Waals surface area contributed by atoms with E-state index in [4.69, 9.17) is 0 Å². The molecule has 0 bridgehead atoms. The van der Waals surface area contributed by atoms with Gasteiger partial charge in [0.15, 0.2) is 0 Å². The number of carbonyl (C=O) groups excluding carboxylic acids is 1. The Labute approximate surface area is 122 Å². The van der Waals surface area contributed by atoms with E-state index in [0.29, 0.717) is 6.42 Å². The quantitative estimate of drug-likeness (QED) is 0.847. The molecule has 1 atom stereocenters. The van der Waals surface area contributed by atoms with Crippen molar-refractivity contribution in [3.63, 3.8) is 0 Å². The number of carbonyl (C=O) groups is 1. The Kier molecular flexibility index (Phi) is 5.83. The minimum absolute atomic E-state index is 0. The second-order valence-corrected chi connectivity index (χ2v) is 5.31. The lowest BCUT2D eigenvalue weighted by Gasteiger charge is -2.26. The van der Waals surface area contributed by atoms with Crippen LogP contribution in [-0.4, -0.2) is 43.4 Å². The van der Waals surface area contributed by atoms with Crippen LogP contribution in [0, 0.1) is 0 Å². The van der Waals surface area contributed by atoms with Crippen molar-refractivity contribution >= 4 is 18.3 Å². The third-order valence-electron chi connectivity index (χ3n) is 3.73. The van der Waals surface area contributed by atoms with E-state index >= 15 is 0 Å². The summed E-state index contributed by atoms with van der Waals surface area (Å²) in [5, 5.41) is 0. The Balaban J connectivity index is 0.00000180. The summed E-state index contributed by atoms with van der Waals surface area (Å²) in [4.78, 5) is 16.1. The number of nitrogens with zero attached hydrogens (tertiary/aromatic N) is 2. The monoisotopic (exact) mass is 282 g/mol. The van der Waals surface area contributed by atoms with Crippen LogP contribution in [0.1, 0.15) is 30.0 Å². The molecule has 0 fully saturated rings. The maximum absolute atomic E-state index is 12.1. The number of benzene rings is 1. The van der Waals surface area contributed by atoms with Crippen molar-refractivity contribution in [2.75, 3.05) is 27.7 Å². The molecule has 1 unspecified atom stereocenters. The fourth-order valence-electron chi connectivity index (χ4n) is 2.61. The molecule has 0 N–H and O–H groups in total. The Morgan fingerprint density at radius 2 is 1.95 bits per heavy atom. The third kappa shape index (κ3) is 3.71. The first-order chi connectivity index (χ1) is 8.59. The van der Waals surface area contributed by atoms with Gasteiger partial charge in [0.1, 0.15) is 0 Å². The van der Waals surface area contributed by atoms with Crippen molar-refractivity contribution < 1.29 is 4.79 Å². The van der Waals surface area contributed by atoms with E-state index in [9.17, 15) is 4.79 Å². The summed E-state index contributed by atoms with van der Waals surface area (Å²) >= 11 is 0. The second-order valence-electron chi connectivity index (χ2n) is 5.31. The molecule has 4 heteroatoms. The Hall–Kier alpha value is -1.06. The highest BCUT2D eigenvalue weighted by Gasteiger charge is 2.27. The van der Waals surface area contributed by atoms with E-state index < -0.39 is 0 Å². The number of halogens is 1. The average Bonchev–Trinajstić information content (AvgIpc) is 2.78. The molecule has 1 aliphatic rings. The van der Waals surface area contributed by atoms with Gasteiger partial charge in [-0.2, -0.15) is 0 Å². The third-order valence-corrected chi connectivity index (χ3v) is 3.73. The predicted molar refractivity (Wildman–Crippen MR) is 80.7 cm³/mol. The van der Waals surface area contributed by atoms with Gasteiger partial charge in [-0.1, -0.05) is 24.3 Å². The van der Waals surface area contributed by atoms with Crippen LogP contribution in [0.15, 0.2) is 24.3 Å². The smallest absolute Gasteiger partial charge is 0.224 e. The largest absolute Gasteiger partial charge is 0.339 e. The molecule has 0 saturated heterocycles. The van der Waals surface area contributed by atoms with Gasteiger partial charge in [-0.15, -0.1) is 12.4 Å². The highest BCUT2D eigenvalue weighted by molar-refractivity contribution is 5.85. The van der Waals surface area contributed by atoms with Crippen molar-refractivity contribution in [1.29, 1.82) is 0 Å². The summed E-state index contributed by atoms with van der Waals surface area (Å²) in [5.41, 5.74) is 2.73. The fourth-order valence-corrected chi connectivity index (χ4v) is 2.61. The summed E-state index contributed by atoms with van der Waals surface area (Å²) in [6, 6.07) is 8.75. The molecular formula is C15H23ClN2O. The van der Waals surface area contributed by atoms with Crippen LogP contribution >= 0.6 is 12.4 Å². The highest BCUT2D eigenvalue weighted by Crippen LogP contribution is 2.34. The first-order valence-electron chi connectivity index (χ1n) is 6.58.